The number of nitrogens with two attached hydrogens (primary N) is 2. The van der Waals surface area contributed by atoms with Crippen molar-refractivity contribution < 1.29 is 18.0 Å². The van der Waals surface area contributed by atoms with Gasteiger partial charge >= 0.3 is 6.18 Å². The van der Waals surface area contributed by atoms with Gasteiger partial charge in [-0.25, -0.2) is 4.99 Å². The van der Waals surface area contributed by atoms with Gasteiger partial charge in [-0.1, -0.05) is 35.9 Å². The Hall–Kier alpha value is -3.59. The molecule has 0 saturated heterocycles. The fourth-order valence-corrected chi connectivity index (χ4v) is 2.82. The van der Waals surface area contributed by atoms with Crippen LogP contribution in [0.4, 0.5) is 18.9 Å². The maximum absolute atomic E-state index is 13.0. The summed E-state index contributed by atoms with van der Waals surface area (Å²) in [6, 6.07) is 12.3. The summed E-state index contributed by atoms with van der Waals surface area (Å²) in [5, 5.41) is 2.95. The van der Waals surface area contributed by atoms with E-state index in [0.29, 0.717) is 22.7 Å². The maximum atomic E-state index is 13.0. The fourth-order valence-electron chi connectivity index (χ4n) is 2.65. The zero-order valence-electron chi connectivity index (χ0n) is 18.2. The van der Waals surface area contributed by atoms with Crippen LogP contribution in [0.3, 0.4) is 0 Å². The molecule has 10 heteroatoms. The Morgan fingerprint density at radius 2 is 1.61 bits per heavy atom. The third-order valence-corrected chi connectivity index (χ3v) is 4.81. The van der Waals surface area contributed by atoms with E-state index in [1.54, 1.807) is 45.2 Å². The Morgan fingerprint density at radius 3 is 2.12 bits per heavy atom. The SMILES string of the molecule is CN=C(C)/C(NC(=O)c1ccc(C(/C=C(\N)C(F)(F)F)=Nc2ccccc2Cl)cc1)=C(/C)N. The van der Waals surface area contributed by atoms with E-state index in [2.05, 4.69) is 15.3 Å². The summed E-state index contributed by atoms with van der Waals surface area (Å²) in [7, 11) is 1.57. The maximum Gasteiger partial charge on any atom is 0.430 e. The lowest BCUT2D eigenvalue weighted by Gasteiger charge is -2.12. The van der Waals surface area contributed by atoms with Crippen LogP contribution in [0.5, 0.6) is 0 Å². The van der Waals surface area contributed by atoms with E-state index >= 15 is 0 Å². The van der Waals surface area contributed by atoms with Gasteiger partial charge in [0.1, 0.15) is 5.70 Å². The molecule has 5 N–H and O–H groups in total. The number of hydrogen-bond donors (Lipinski definition) is 3. The van der Waals surface area contributed by atoms with E-state index in [4.69, 9.17) is 23.1 Å². The van der Waals surface area contributed by atoms with E-state index in [1.807, 2.05) is 0 Å². The molecule has 0 radical (unpaired) electrons. The number of amides is 1. The smallest absolute Gasteiger partial charge is 0.401 e. The molecule has 2 aromatic carbocycles. The molecule has 0 saturated carbocycles. The first-order valence-corrected chi connectivity index (χ1v) is 10.0. The number of halogens is 4. The summed E-state index contributed by atoms with van der Waals surface area (Å²) in [6.07, 6.45) is -4.01. The van der Waals surface area contributed by atoms with Crippen LogP contribution in [-0.4, -0.2) is 30.6 Å². The molecule has 0 heterocycles. The predicted molar refractivity (Wildman–Crippen MR) is 126 cm³/mol. The number of benzene rings is 2. The molecular weight excluding hydrogens is 455 g/mol. The van der Waals surface area contributed by atoms with Crippen molar-refractivity contribution in [3.8, 4) is 0 Å². The van der Waals surface area contributed by atoms with Crippen LogP contribution >= 0.6 is 11.6 Å². The van der Waals surface area contributed by atoms with E-state index in [1.165, 1.54) is 24.3 Å². The van der Waals surface area contributed by atoms with Crippen LogP contribution in [0.1, 0.15) is 29.8 Å². The molecule has 0 spiro atoms. The number of hydrogen-bond acceptors (Lipinski definition) is 5. The molecule has 0 fully saturated rings. The molecule has 0 aliphatic rings. The average Bonchev–Trinajstić information content (AvgIpc) is 2.76. The van der Waals surface area contributed by atoms with Gasteiger partial charge < -0.3 is 16.8 Å². The Labute approximate surface area is 194 Å². The summed E-state index contributed by atoms with van der Waals surface area (Å²) < 4.78 is 39.1. The molecular formula is C23H23ClF3N5O. The Bertz CT molecular complexity index is 1150. The highest BCUT2D eigenvalue weighted by Crippen LogP contribution is 2.27. The molecule has 0 bridgehead atoms. The van der Waals surface area contributed by atoms with Crippen molar-refractivity contribution in [3.05, 3.63) is 87.8 Å². The molecule has 0 aliphatic heterocycles. The van der Waals surface area contributed by atoms with Gasteiger partial charge in [-0.15, -0.1) is 0 Å². The molecule has 2 rings (SSSR count). The lowest BCUT2D eigenvalue weighted by atomic mass is 10.1. The highest BCUT2D eigenvalue weighted by Gasteiger charge is 2.31. The highest BCUT2D eigenvalue weighted by atomic mass is 35.5. The summed E-state index contributed by atoms with van der Waals surface area (Å²) in [5.74, 6) is -0.459. The molecule has 2 aromatic rings. The van der Waals surface area contributed by atoms with E-state index in [9.17, 15) is 18.0 Å². The minimum Gasteiger partial charge on any atom is -0.401 e. The number of aliphatic imine (C=N–C) groups is 2. The number of nitrogens with zero attached hydrogens (tertiary/aromatic N) is 2. The highest BCUT2D eigenvalue weighted by molar-refractivity contribution is 6.33. The molecule has 0 atom stereocenters. The van der Waals surface area contributed by atoms with Crippen molar-refractivity contribution in [2.24, 2.45) is 21.5 Å². The average molecular weight is 478 g/mol. The van der Waals surface area contributed by atoms with Gasteiger partial charge in [-0.3, -0.25) is 9.79 Å². The number of allylic oxidation sites excluding steroid dienone is 4. The summed E-state index contributed by atoms with van der Waals surface area (Å²) in [6.45, 7) is 3.33. The van der Waals surface area contributed by atoms with Crippen molar-refractivity contribution in [2.45, 2.75) is 20.0 Å². The predicted octanol–water partition coefficient (Wildman–Crippen LogP) is 4.88. The zero-order valence-corrected chi connectivity index (χ0v) is 18.9. The van der Waals surface area contributed by atoms with Crippen molar-refractivity contribution >= 4 is 34.6 Å². The second-order valence-corrected chi connectivity index (χ2v) is 7.35. The van der Waals surface area contributed by atoms with E-state index < -0.39 is 17.8 Å². The summed E-state index contributed by atoms with van der Waals surface area (Å²) >= 11 is 6.10. The molecule has 174 valence electrons. The van der Waals surface area contributed by atoms with Crippen molar-refractivity contribution in [2.75, 3.05) is 7.05 Å². The Kier molecular flexibility index (Phi) is 8.42. The first-order valence-electron chi connectivity index (χ1n) is 9.63. The molecule has 0 aliphatic carbocycles. The minimum absolute atomic E-state index is 0.0720. The molecule has 6 nitrogen and oxygen atoms in total. The van der Waals surface area contributed by atoms with Crippen molar-refractivity contribution in [1.29, 1.82) is 0 Å². The third kappa shape index (κ3) is 6.95. The first-order chi connectivity index (χ1) is 15.4. The second kappa shape index (κ2) is 10.8. The summed E-state index contributed by atoms with van der Waals surface area (Å²) in [5.41, 5.74) is 11.8. The van der Waals surface area contributed by atoms with Gasteiger partial charge in [0.2, 0.25) is 0 Å². The number of carbonyl (C=O) groups is 1. The topological polar surface area (TPSA) is 106 Å². The largest absolute Gasteiger partial charge is 0.430 e. The molecule has 0 aromatic heterocycles. The Balaban J connectivity index is 2.45. The van der Waals surface area contributed by atoms with E-state index in [0.717, 1.165) is 6.08 Å². The third-order valence-electron chi connectivity index (χ3n) is 4.49. The quantitative estimate of drug-likeness (QED) is 0.516. The van der Waals surface area contributed by atoms with Gasteiger partial charge in [-0.2, -0.15) is 13.2 Å². The zero-order chi connectivity index (χ0) is 24.8. The van der Waals surface area contributed by atoms with Gasteiger partial charge in [0.05, 0.1) is 27.8 Å². The van der Waals surface area contributed by atoms with Gasteiger partial charge in [0.15, 0.2) is 0 Å². The van der Waals surface area contributed by atoms with Gasteiger partial charge in [0, 0.05) is 23.9 Å². The van der Waals surface area contributed by atoms with Crippen LogP contribution in [-0.2, 0) is 0 Å². The van der Waals surface area contributed by atoms with Crippen molar-refractivity contribution in [1.82, 2.24) is 5.32 Å². The number of alkyl halides is 3. The number of para-hydroxylation sites is 1. The number of rotatable bonds is 6. The van der Waals surface area contributed by atoms with Crippen LogP contribution in [0.2, 0.25) is 5.02 Å². The fraction of sp³-hybridized carbons (Fsp3) is 0.174. The molecule has 33 heavy (non-hydrogen) atoms. The standard InChI is InChI=1S/C23H23ClF3N5O/c1-13(28)21(14(2)30-3)32-22(33)16-10-8-15(9-11-16)19(12-20(29)23(25,26)27)31-18-7-5-4-6-17(18)24/h4-12H,28-29H2,1-3H3,(H,32,33)/b20-12-,21-13+,30-14?,31-19?. The summed E-state index contributed by atoms with van der Waals surface area (Å²) in [4.78, 5) is 20.9. The number of nitrogens with one attached hydrogen (secondary N) is 1. The Morgan fingerprint density at radius 1 is 1.03 bits per heavy atom. The minimum atomic E-state index is -4.73. The second-order valence-electron chi connectivity index (χ2n) is 6.94. The van der Waals surface area contributed by atoms with E-state index in [-0.39, 0.29) is 22.0 Å². The van der Waals surface area contributed by atoms with Gasteiger partial charge in [0.25, 0.3) is 5.91 Å². The lowest BCUT2D eigenvalue weighted by molar-refractivity contribution is -0.0925. The first kappa shape index (κ1) is 25.7. The molecule has 0 unspecified atom stereocenters. The van der Waals surface area contributed by atoms with Gasteiger partial charge in [-0.05, 0) is 44.2 Å². The normalized spacial score (nSPS) is 14.1. The van der Waals surface area contributed by atoms with Crippen molar-refractivity contribution in [3.63, 3.8) is 0 Å². The van der Waals surface area contributed by atoms with Crippen LogP contribution in [0, 0.1) is 0 Å². The number of carbonyl (C=O) groups excluding carboxylic acids is 1. The molecule has 1 amide bonds. The van der Waals surface area contributed by atoms with Crippen LogP contribution < -0.4 is 16.8 Å². The van der Waals surface area contributed by atoms with Crippen LogP contribution in [0.15, 0.2) is 81.7 Å². The lowest BCUT2D eigenvalue weighted by Crippen LogP contribution is -2.29. The van der Waals surface area contributed by atoms with Crippen LogP contribution in [0.25, 0.3) is 0 Å². The monoisotopic (exact) mass is 477 g/mol.